The molecule has 76 valence electrons. The van der Waals surface area contributed by atoms with Crippen molar-refractivity contribution in [2.75, 3.05) is 13.1 Å². The standard InChI is InChI=1S/C11H22N2/c1-4-5-11(2,3)13-10-8-6-12-7-9(8)10/h8-10,12-13H,4-7H2,1-3H3/t8-,9+,10?. The summed E-state index contributed by atoms with van der Waals surface area (Å²) < 4.78 is 0. The van der Waals surface area contributed by atoms with Gasteiger partial charge in [0, 0.05) is 11.6 Å². The maximum Gasteiger partial charge on any atom is 0.0160 e. The Kier molecular flexibility index (Phi) is 2.37. The number of fused-ring (bicyclic) bond motifs is 1. The first-order valence-corrected chi connectivity index (χ1v) is 5.62. The van der Waals surface area contributed by atoms with Crippen molar-refractivity contribution in [3.8, 4) is 0 Å². The Bertz CT molecular complexity index is 179. The van der Waals surface area contributed by atoms with Crippen LogP contribution in [0.5, 0.6) is 0 Å². The van der Waals surface area contributed by atoms with E-state index in [1.54, 1.807) is 0 Å². The van der Waals surface area contributed by atoms with Gasteiger partial charge in [-0.2, -0.15) is 0 Å². The second-order valence-electron chi connectivity index (χ2n) is 5.29. The van der Waals surface area contributed by atoms with E-state index in [0.717, 1.165) is 17.9 Å². The fraction of sp³-hybridized carbons (Fsp3) is 1.00. The fourth-order valence-electron chi connectivity index (χ4n) is 2.78. The zero-order valence-corrected chi connectivity index (χ0v) is 9.06. The van der Waals surface area contributed by atoms with Gasteiger partial charge in [0.1, 0.15) is 0 Å². The molecule has 0 radical (unpaired) electrons. The van der Waals surface area contributed by atoms with Gasteiger partial charge >= 0.3 is 0 Å². The minimum Gasteiger partial charge on any atom is -0.316 e. The summed E-state index contributed by atoms with van der Waals surface area (Å²) in [4.78, 5) is 0. The molecular weight excluding hydrogens is 160 g/mol. The van der Waals surface area contributed by atoms with Gasteiger partial charge in [0.15, 0.2) is 0 Å². The molecule has 0 aromatic heterocycles. The second-order valence-corrected chi connectivity index (χ2v) is 5.29. The van der Waals surface area contributed by atoms with Gasteiger partial charge < -0.3 is 10.6 Å². The van der Waals surface area contributed by atoms with Gasteiger partial charge in [0.25, 0.3) is 0 Å². The monoisotopic (exact) mass is 182 g/mol. The van der Waals surface area contributed by atoms with E-state index in [4.69, 9.17) is 0 Å². The quantitative estimate of drug-likeness (QED) is 0.686. The lowest BCUT2D eigenvalue weighted by Crippen LogP contribution is -2.43. The lowest BCUT2D eigenvalue weighted by molar-refractivity contribution is 0.337. The fourth-order valence-corrected chi connectivity index (χ4v) is 2.78. The number of rotatable bonds is 4. The van der Waals surface area contributed by atoms with Crippen LogP contribution in [0.1, 0.15) is 33.6 Å². The van der Waals surface area contributed by atoms with Crippen molar-refractivity contribution in [3.63, 3.8) is 0 Å². The molecule has 2 fully saturated rings. The van der Waals surface area contributed by atoms with Crippen LogP contribution in [0, 0.1) is 11.8 Å². The van der Waals surface area contributed by atoms with Crippen LogP contribution in [0.2, 0.25) is 0 Å². The molecule has 1 heterocycles. The van der Waals surface area contributed by atoms with E-state index in [1.807, 2.05) is 0 Å². The van der Waals surface area contributed by atoms with Crippen LogP contribution in [-0.2, 0) is 0 Å². The average Bonchev–Trinajstić information content (AvgIpc) is 2.51. The number of hydrogen-bond donors (Lipinski definition) is 2. The first-order valence-electron chi connectivity index (χ1n) is 5.62. The predicted molar refractivity (Wildman–Crippen MR) is 55.8 cm³/mol. The first kappa shape index (κ1) is 9.47. The maximum absolute atomic E-state index is 3.79. The van der Waals surface area contributed by atoms with Crippen LogP contribution in [0.15, 0.2) is 0 Å². The zero-order chi connectivity index (χ0) is 9.47. The Labute approximate surface area is 81.5 Å². The molecule has 0 aromatic rings. The third-order valence-corrected chi connectivity index (χ3v) is 3.52. The molecule has 1 saturated heterocycles. The second kappa shape index (κ2) is 3.25. The van der Waals surface area contributed by atoms with Gasteiger partial charge in [-0.15, -0.1) is 0 Å². The molecule has 2 N–H and O–H groups in total. The topological polar surface area (TPSA) is 24.1 Å². The molecule has 2 heteroatoms. The highest BCUT2D eigenvalue weighted by Gasteiger charge is 2.53. The van der Waals surface area contributed by atoms with E-state index in [0.29, 0.717) is 5.54 Å². The van der Waals surface area contributed by atoms with Crippen molar-refractivity contribution in [2.45, 2.75) is 45.2 Å². The van der Waals surface area contributed by atoms with E-state index in [1.165, 1.54) is 25.9 Å². The molecule has 0 spiro atoms. The van der Waals surface area contributed by atoms with Gasteiger partial charge in [-0.25, -0.2) is 0 Å². The molecule has 1 saturated carbocycles. The Morgan fingerprint density at radius 3 is 2.46 bits per heavy atom. The van der Waals surface area contributed by atoms with Crippen LogP contribution in [0.25, 0.3) is 0 Å². The van der Waals surface area contributed by atoms with Crippen molar-refractivity contribution in [1.82, 2.24) is 10.6 Å². The van der Waals surface area contributed by atoms with Crippen LogP contribution in [0.3, 0.4) is 0 Å². The third kappa shape index (κ3) is 1.89. The van der Waals surface area contributed by atoms with Crippen molar-refractivity contribution < 1.29 is 0 Å². The van der Waals surface area contributed by atoms with Gasteiger partial charge in [0.05, 0.1) is 0 Å². The van der Waals surface area contributed by atoms with Crippen molar-refractivity contribution in [3.05, 3.63) is 0 Å². The molecule has 0 bridgehead atoms. The summed E-state index contributed by atoms with van der Waals surface area (Å²) >= 11 is 0. The van der Waals surface area contributed by atoms with Crippen molar-refractivity contribution in [1.29, 1.82) is 0 Å². The summed E-state index contributed by atoms with van der Waals surface area (Å²) in [5, 5.41) is 7.22. The number of piperidine rings is 1. The van der Waals surface area contributed by atoms with Crippen LogP contribution in [-0.4, -0.2) is 24.7 Å². The van der Waals surface area contributed by atoms with Crippen LogP contribution >= 0.6 is 0 Å². The van der Waals surface area contributed by atoms with E-state index >= 15 is 0 Å². The molecule has 0 aromatic carbocycles. The molecule has 3 atom stereocenters. The molecule has 2 nitrogen and oxygen atoms in total. The first-order chi connectivity index (χ1) is 6.14. The summed E-state index contributed by atoms with van der Waals surface area (Å²) in [6.45, 7) is 9.41. The predicted octanol–water partition coefficient (Wildman–Crippen LogP) is 1.37. The Morgan fingerprint density at radius 2 is 1.92 bits per heavy atom. The van der Waals surface area contributed by atoms with Crippen LogP contribution in [0.4, 0.5) is 0 Å². The smallest absolute Gasteiger partial charge is 0.0160 e. The minimum absolute atomic E-state index is 0.351. The highest BCUT2D eigenvalue weighted by Crippen LogP contribution is 2.42. The SMILES string of the molecule is CCCC(C)(C)NC1[C@H]2CNC[C@@H]12. The van der Waals surface area contributed by atoms with E-state index < -0.39 is 0 Å². The lowest BCUT2D eigenvalue weighted by Gasteiger charge is -2.27. The molecule has 2 aliphatic rings. The number of hydrogen-bond acceptors (Lipinski definition) is 2. The van der Waals surface area contributed by atoms with Crippen molar-refractivity contribution >= 4 is 0 Å². The Hall–Kier alpha value is -0.0800. The largest absolute Gasteiger partial charge is 0.316 e. The van der Waals surface area contributed by atoms with Gasteiger partial charge in [-0.1, -0.05) is 13.3 Å². The molecule has 2 rings (SSSR count). The Morgan fingerprint density at radius 1 is 1.31 bits per heavy atom. The summed E-state index contributed by atoms with van der Waals surface area (Å²) in [5.41, 5.74) is 0.351. The van der Waals surface area contributed by atoms with E-state index in [2.05, 4.69) is 31.4 Å². The molecule has 1 aliphatic carbocycles. The van der Waals surface area contributed by atoms with Crippen molar-refractivity contribution in [2.24, 2.45) is 11.8 Å². The summed E-state index contributed by atoms with van der Waals surface area (Å²) in [5.74, 6) is 1.88. The Balaban J connectivity index is 1.79. The van der Waals surface area contributed by atoms with E-state index in [9.17, 15) is 0 Å². The van der Waals surface area contributed by atoms with Gasteiger partial charge in [-0.3, -0.25) is 0 Å². The van der Waals surface area contributed by atoms with Gasteiger partial charge in [-0.05, 0) is 45.2 Å². The molecule has 1 aliphatic heterocycles. The van der Waals surface area contributed by atoms with E-state index in [-0.39, 0.29) is 0 Å². The maximum atomic E-state index is 3.79. The minimum atomic E-state index is 0.351. The molecule has 0 amide bonds. The molecule has 13 heavy (non-hydrogen) atoms. The average molecular weight is 182 g/mol. The third-order valence-electron chi connectivity index (χ3n) is 3.52. The molecule has 1 unspecified atom stereocenters. The lowest BCUT2D eigenvalue weighted by atomic mass is 9.98. The zero-order valence-electron chi connectivity index (χ0n) is 9.06. The van der Waals surface area contributed by atoms with Crippen LogP contribution < -0.4 is 10.6 Å². The normalized spacial score (nSPS) is 37.6. The number of nitrogens with one attached hydrogen (secondary N) is 2. The highest BCUT2D eigenvalue weighted by atomic mass is 15.1. The summed E-state index contributed by atoms with van der Waals surface area (Å²) in [6, 6.07) is 0.822. The van der Waals surface area contributed by atoms with Gasteiger partial charge in [0.2, 0.25) is 0 Å². The summed E-state index contributed by atoms with van der Waals surface area (Å²) in [6.07, 6.45) is 2.57. The molecular formula is C11H22N2. The highest BCUT2D eigenvalue weighted by molar-refractivity contribution is 5.10. The summed E-state index contributed by atoms with van der Waals surface area (Å²) in [7, 11) is 0.